The van der Waals surface area contributed by atoms with Crippen molar-refractivity contribution in [2.45, 2.75) is 38.1 Å². The van der Waals surface area contributed by atoms with Crippen LogP contribution in [-0.2, 0) is 14.3 Å². The maximum atomic E-state index is 13.0. The van der Waals surface area contributed by atoms with E-state index in [2.05, 4.69) is 0 Å². The quantitative estimate of drug-likeness (QED) is 0.733. The Hall–Kier alpha value is -2.21. The molecule has 4 rings (SSSR count). The Morgan fingerprint density at radius 1 is 1.03 bits per heavy atom. The number of hydrogen-bond acceptors (Lipinski definition) is 3. The van der Waals surface area contributed by atoms with E-state index in [1.165, 1.54) is 12.1 Å². The van der Waals surface area contributed by atoms with Crippen molar-refractivity contribution >= 4 is 17.9 Å². The summed E-state index contributed by atoms with van der Waals surface area (Å²) in [6.45, 7) is 3.61. The molecule has 2 atom stereocenters. The van der Waals surface area contributed by atoms with Gasteiger partial charge in [0.05, 0.1) is 0 Å². The third-order valence-corrected chi connectivity index (χ3v) is 6.52. The second kappa shape index (κ2) is 9.08. The van der Waals surface area contributed by atoms with Gasteiger partial charge in [0.2, 0.25) is 11.8 Å². The fourth-order valence-corrected chi connectivity index (χ4v) is 4.92. The van der Waals surface area contributed by atoms with E-state index in [0.29, 0.717) is 19.1 Å². The first-order valence-corrected chi connectivity index (χ1v) is 10.7. The van der Waals surface area contributed by atoms with Crippen LogP contribution in [0.2, 0.25) is 0 Å². The number of likely N-dealkylation sites (tertiary alicyclic amines) is 2. The largest absolute Gasteiger partial charge is 0.381 e. The lowest BCUT2D eigenvalue weighted by molar-refractivity contribution is -0.144. The van der Waals surface area contributed by atoms with Gasteiger partial charge in [-0.2, -0.15) is 0 Å². The van der Waals surface area contributed by atoms with E-state index in [4.69, 9.17) is 4.74 Å². The lowest BCUT2D eigenvalue weighted by Gasteiger charge is -2.47. The predicted molar refractivity (Wildman–Crippen MR) is 108 cm³/mol. The van der Waals surface area contributed by atoms with Crippen molar-refractivity contribution in [3.63, 3.8) is 0 Å². The number of fused-ring (bicyclic) bond motifs is 1. The fraction of sp³-hybridized carbons (Fsp3) is 0.565. The van der Waals surface area contributed by atoms with Crippen molar-refractivity contribution in [1.82, 2.24) is 9.80 Å². The number of benzene rings is 1. The van der Waals surface area contributed by atoms with E-state index < -0.39 is 0 Å². The summed E-state index contributed by atoms with van der Waals surface area (Å²) < 4.78 is 18.4. The minimum Gasteiger partial charge on any atom is -0.381 e. The summed E-state index contributed by atoms with van der Waals surface area (Å²) in [4.78, 5) is 29.7. The standard InChI is InChI=1S/C23H29FN2O3/c24-20-6-3-17(4-7-20)5-8-22(27)26-12-1-2-19-16-25(13-9-21(19)26)23(28)18-10-14-29-15-11-18/h3-8,18-19,21H,1-2,9-16H2/b8-5+/t19-,21+/m1/s1. The molecular weight excluding hydrogens is 371 g/mol. The van der Waals surface area contributed by atoms with E-state index in [-0.39, 0.29) is 29.6 Å². The number of piperidine rings is 2. The van der Waals surface area contributed by atoms with Gasteiger partial charge in [0.15, 0.2) is 0 Å². The number of amides is 2. The topological polar surface area (TPSA) is 49.9 Å². The smallest absolute Gasteiger partial charge is 0.246 e. The van der Waals surface area contributed by atoms with Gasteiger partial charge in [0.25, 0.3) is 0 Å². The van der Waals surface area contributed by atoms with Crippen LogP contribution in [0.25, 0.3) is 6.08 Å². The van der Waals surface area contributed by atoms with Gasteiger partial charge in [-0.15, -0.1) is 0 Å². The van der Waals surface area contributed by atoms with Crippen LogP contribution in [0, 0.1) is 17.7 Å². The van der Waals surface area contributed by atoms with Crippen LogP contribution < -0.4 is 0 Å². The number of hydrogen-bond donors (Lipinski definition) is 0. The molecule has 1 aromatic carbocycles. The first kappa shape index (κ1) is 20.1. The highest BCUT2D eigenvalue weighted by Crippen LogP contribution is 2.32. The molecule has 3 heterocycles. The average molecular weight is 400 g/mol. The monoisotopic (exact) mass is 400 g/mol. The molecule has 0 unspecified atom stereocenters. The molecule has 0 saturated carbocycles. The average Bonchev–Trinajstić information content (AvgIpc) is 2.77. The Labute approximate surface area is 171 Å². The molecule has 0 aromatic heterocycles. The summed E-state index contributed by atoms with van der Waals surface area (Å²) in [6, 6.07) is 6.32. The minimum atomic E-state index is -0.283. The number of nitrogens with zero attached hydrogens (tertiary/aromatic N) is 2. The summed E-state index contributed by atoms with van der Waals surface area (Å²) in [5, 5.41) is 0. The molecule has 0 N–H and O–H groups in total. The normalized spacial score (nSPS) is 25.8. The highest BCUT2D eigenvalue weighted by molar-refractivity contribution is 5.92. The van der Waals surface area contributed by atoms with Crippen LogP contribution in [0.3, 0.4) is 0 Å². The van der Waals surface area contributed by atoms with E-state index in [1.807, 2.05) is 9.80 Å². The molecule has 156 valence electrons. The highest BCUT2D eigenvalue weighted by atomic mass is 19.1. The van der Waals surface area contributed by atoms with Crippen molar-refractivity contribution in [3.8, 4) is 0 Å². The molecule has 2 amide bonds. The van der Waals surface area contributed by atoms with Gasteiger partial charge < -0.3 is 14.5 Å². The molecular formula is C23H29FN2O3. The number of carbonyl (C=O) groups excluding carboxylic acids is 2. The maximum absolute atomic E-state index is 13.0. The summed E-state index contributed by atoms with van der Waals surface area (Å²) in [5.74, 6) is 0.443. The van der Waals surface area contributed by atoms with Crippen molar-refractivity contribution in [2.75, 3.05) is 32.8 Å². The second-order valence-electron chi connectivity index (χ2n) is 8.35. The van der Waals surface area contributed by atoms with E-state index in [1.54, 1.807) is 24.3 Å². The lowest BCUT2D eigenvalue weighted by Crippen LogP contribution is -2.57. The van der Waals surface area contributed by atoms with Crippen LogP contribution in [0.15, 0.2) is 30.3 Å². The zero-order valence-corrected chi connectivity index (χ0v) is 16.8. The third kappa shape index (κ3) is 4.69. The van der Waals surface area contributed by atoms with Crippen LogP contribution in [0.1, 0.15) is 37.7 Å². The first-order chi connectivity index (χ1) is 14.1. The minimum absolute atomic E-state index is 0.00762. The van der Waals surface area contributed by atoms with Gasteiger partial charge in [0.1, 0.15) is 5.82 Å². The summed E-state index contributed by atoms with van der Waals surface area (Å²) in [7, 11) is 0. The first-order valence-electron chi connectivity index (χ1n) is 10.7. The fourth-order valence-electron chi connectivity index (χ4n) is 4.92. The number of carbonyl (C=O) groups is 2. The predicted octanol–water partition coefficient (Wildman–Crippen LogP) is 3.11. The van der Waals surface area contributed by atoms with Crippen molar-refractivity contribution in [1.29, 1.82) is 0 Å². The molecule has 3 fully saturated rings. The summed E-state index contributed by atoms with van der Waals surface area (Å²) >= 11 is 0. The van der Waals surface area contributed by atoms with Crippen molar-refractivity contribution in [2.24, 2.45) is 11.8 Å². The number of halogens is 1. The van der Waals surface area contributed by atoms with Gasteiger partial charge in [0, 0.05) is 50.9 Å². The summed E-state index contributed by atoms with van der Waals surface area (Å²) in [6.07, 6.45) is 7.86. The van der Waals surface area contributed by atoms with E-state index >= 15 is 0 Å². The maximum Gasteiger partial charge on any atom is 0.246 e. The lowest BCUT2D eigenvalue weighted by atomic mass is 9.83. The van der Waals surface area contributed by atoms with Gasteiger partial charge in [-0.25, -0.2) is 4.39 Å². The molecule has 1 aromatic rings. The van der Waals surface area contributed by atoms with Crippen LogP contribution in [-0.4, -0.2) is 60.5 Å². The molecule has 29 heavy (non-hydrogen) atoms. The molecule has 3 saturated heterocycles. The van der Waals surface area contributed by atoms with E-state index in [0.717, 1.165) is 57.3 Å². The molecule has 3 aliphatic heterocycles. The summed E-state index contributed by atoms with van der Waals surface area (Å²) in [5.41, 5.74) is 0.810. The molecule has 5 nitrogen and oxygen atoms in total. The Bertz CT molecular complexity index is 758. The Kier molecular flexibility index (Phi) is 6.28. The number of ether oxygens (including phenoxy) is 1. The van der Waals surface area contributed by atoms with Crippen LogP contribution >= 0.6 is 0 Å². The van der Waals surface area contributed by atoms with Gasteiger partial charge in [-0.3, -0.25) is 9.59 Å². The van der Waals surface area contributed by atoms with E-state index in [9.17, 15) is 14.0 Å². The molecule has 0 bridgehead atoms. The third-order valence-electron chi connectivity index (χ3n) is 6.52. The van der Waals surface area contributed by atoms with Gasteiger partial charge in [-0.05, 0) is 61.8 Å². The molecule has 3 aliphatic rings. The second-order valence-corrected chi connectivity index (χ2v) is 8.35. The zero-order chi connectivity index (χ0) is 20.2. The van der Waals surface area contributed by atoms with Gasteiger partial charge >= 0.3 is 0 Å². The Balaban J connectivity index is 1.37. The van der Waals surface area contributed by atoms with Crippen LogP contribution in [0.5, 0.6) is 0 Å². The molecule has 6 heteroatoms. The highest BCUT2D eigenvalue weighted by Gasteiger charge is 2.39. The zero-order valence-electron chi connectivity index (χ0n) is 16.8. The molecule has 0 aliphatic carbocycles. The van der Waals surface area contributed by atoms with Crippen molar-refractivity contribution in [3.05, 3.63) is 41.7 Å². The molecule has 0 radical (unpaired) electrons. The van der Waals surface area contributed by atoms with Gasteiger partial charge in [-0.1, -0.05) is 12.1 Å². The number of rotatable bonds is 3. The Morgan fingerprint density at radius 3 is 2.55 bits per heavy atom. The van der Waals surface area contributed by atoms with Crippen LogP contribution in [0.4, 0.5) is 4.39 Å². The SMILES string of the molecule is O=C(C1CCOCC1)N1CC[C@H]2[C@H](CCCN2C(=O)/C=C/c2ccc(F)cc2)C1. The Morgan fingerprint density at radius 2 is 1.79 bits per heavy atom. The molecule has 0 spiro atoms. The van der Waals surface area contributed by atoms with Crippen molar-refractivity contribution < 1.29 is 18.7 Å².